The molecule has 1 aromatic heterocycles. The van der Waals surface area contributed by atoms with Crippen LogP contribution in [0.1, 0.15) is 25.3 Å². The lowest BCUT2D eigenvalue weighted by molar-refractivity contribution is 0.110. The molecule has 1 aliphatic rings. The van der Waals surface area contributed by atoms with Gasteiger partial charge in [0.1, 0.15) is 0 Å². The first-order valence-electron chi connectivity index (χ1n) is 4.91. The van der Waals surface area contributed by atoms with E-state index in [9.17, 15) is 0 Å². The number of nitrogens with zero attached hydrogens (tertiary/aromatic N) is 2. The minimum atomic E-state index is 0.688. The Kier molecular flexibility index (Phi) is 2.32. The largest absolute Gasteiger partial charge is 0.300 e. The minimum Gasteiger partial charge on any atom is -0.300 e. The van der Waals surface area contributed by atoms with Crippen molar-refractivity contribution in [2.45, 2.75) is 25.8 Å². The molecular weight excluding hydrogens is 160 g/mol. The average molecular weight is 176 g/mol. The van der Waals surface area contributed by atoms with Crippen LogP contribution >= 0.6 is 0 Å². The predicted molar refractivity (Wildman–Crippen MR) is 53.7 cm³/mol. The highest BCUT2D eigenvalue weighted by molar-refractivity contribution is 5.18. The van der Waals surface area contributed by atoms with E-state index in [4.69, 9.17) is 0 Å². The summed E-state index contributed by atoms with van der Waals surface area (Å²) in [6.45, 7) is 6.89. The predicted octanol–water partition coefficient (Wildman–Crippen LogP) is 1.89. The van der Waals surface area contributed by atoms with Gasteiger partial charge in [-0.3, -0.25) is 9.88 Å². The van der Waals surface area contributed by atoms with Gasteiger partial charge in [-0.15, -0.1) is 0 Å². The molecule has 13 heavy (non-hydrogen) atoms. The van der Waals surface area contributed by atoms with Crippen LogP contribution < -0.4 is 0 Å². The number of hydrogen-bond acceptors (Lipinski definition) is 2. The van der Waals surface area contributed by atoms with E-state index in [2.05, 4.69) is 29.8 Å². The van der Waals surface area contributed by atoms with E-state index in [0.29, 0.717) is 6.04 Å². The van der Waals surface area contributed by atoms with E-state index in [1.165, 1.54) is 18.7 Å². The van der Waals surface area contributed by atoms with Crippen LogP contribution in [-0.4, -0.2) is 29.0 Å². The Labute approximate surface area is 79.6 Å². The molecule has 0 aromatic carbocycles. The van der Waals surface area contributed by atoms with Crippen molar-refractivity contribution in [2.75, 3.05) is 13.1 Å². The molecule has 2 heteroatoms. The normalized spacial score (nSPS) is 19.0. The van der Waals surface area contributed by atoms with Crippen molar-refractivity contribution in [1.82, 2.24) is 9.88 Å². The minimum absolute atomic E-state index is 0.688. The van der Waals surface area contributed by atoms with Crippen molar-refractivity contribution < 1.29 is 0 Å². The van der Waals surface area contributed by atoms with Gasteiger partial charge in [0.25, 0.3) is 0 Å². The van der Waals surface area contributed by atoms with Crippen molar-refractivity contribution >= 4 is 0 Å². The molecule has 0 N–H and O–H groups in total. The van der Waals surface area contributed by atoms with Gasteiger partial charge in [0, 0.05) is 37.4 Å². The van der Waals surface area contributed by atoms with Crippen LogP contribution in [0.3, 0.4) is 0 Å². The summed E-state index contributed by atoms with van der Waals surface area (Å²) in [6, 6.07) is 4.89. The van der Waals surface area contributed by atoms with Gasteiger partial charge in [0.2, 0.25) is 0 Å². The first kappa shape index (κ1) is 8.70. The van der Waals surface area contributed by atoms with E-state index in [-0.39, 0.29) is 0 Å². The first-order chi connectivity index (χ1) is 6.27. The standard InChI is InChI=1S/C11H16N2/c1-9(2)13-7-11(8-13)10-4-3-5-12-6-10/h3-6,9,11H,7-8H2,1-2H3. The third-order valence-electron chi connectivity index (χ3n) is 2.80. The van der Waals surface area contributed by atoms with Crippen molar-refractivity contribution in [2.24, 2.45) is 0 Å². The molecular formula is C11H16N2. The highest BCUT2D eigenvalue weighted by atomic mass is 15.2. The van der Waals surface area contributed by atoms with Gasteiger partial charge in [0.15, 0.2) is 0 Å². The van der Waals surface area contributed by atoms with Gasteiger partial charge in [-0.1, -0.05) is 6.07 Å². The monoisotopic (exact) mass is 176 g/mol. The quantitative estimate of drug-likeness (QED) is 0.684. The summed E-state index contributed by atoms with van der Waals surface area (Å²) >= 11 is 0. The third kappa shape index (κ3) is 1.73. The second-order valence-corrected chi connectivity index (χ2v) is 4.03. The van der Waals surface area contributed by atoms with Gasteiger partial charge in [-0.2, -0.15) is 0 Å². The summed E-state index contributed by atoms with van der Waals surface area (Å²) in [5, 5.41) is 0. The molecule has 0 spiro atoms. The summed E-state index contributed by atoms with van der Waals surface area (Å²) in [6.07, 6.45) is 3.82. The molecule has 1 aliphatic heterocycles. The Morgan fingerprint density at radius 2 is 2.23 bits per heavy atom. The summed E-state index contributed by atoms with van der Waals surface area (Å²) in [4.78, 5) is 6.62. The summed E-state index contributed by atoms with van der Waals surface area (Å²) in [5.41, 5.74) is 1.39. The lowest BCUT2D eigenvalue weighted by atomic mass is 9.92. The zero-order chi connectivity index (χ0) is 9.26. The number of pyridine rings is 1. The van der Waals surface area contributed by atoms with E-state index < -0.39 is 0 Å². The van der Waals surface area contributed by atoms with Crippen molar-refractivity contribution in [1.29, 1.82) is 0 Å². The number of likely N-dealkylation sites (tertiary alicyclic amines) is 1. The van der Waals surface area contributed by atoms with Gasteiger partial charge in [-0.05, 0) is 25.5 Å². The maximum atomic E-state index is 4.14. The van der Waals surface area contributed by atoms with Crippen LogP contribution in [0.15, 0.2) is 24.5 Å². The van der Waals surface area contributed by atoms with Crippen LogP contribution in [0.4, 0.5) is 0 Å². The first-order valence-corrected chi connectivity index (χ1v) is 4.91. The lowest BCUT2D eigenvalue weighted by Crippen LogP contribution is -2.48. The summed E-state index contributed by atoms with van der Waals surface area (Å²) in [7, 11) is 0. The molecule has 2 rings (SSSR count). The molecule has 0 atom stereocenters. The SMILES string of the molecule is CC(C)N1CC(c2cccnc2)C1. The molecule has 1 fully saturated rings. The molecule has 0 unspecified atom stereocenters. The summed E-state index contributed by atoms with van der Waals surface area (Å²) in [5.74, 6) is 0.719. The van der Waals surface area contributed by atoms with Gasteiger partial charge < -0.3 is 0 Å². The Morgan fingerprint density at radius 3 is 2.77 bits per heavy atom. The molecule has 0 aliphatic carbocycles. The van der Waals surface area contributed by atoms with Gasteiger partial charge in [0.05, 0.1) is 0 Å². The van der Waals surface area contributed by atoms with Crippen LogP contribution in [-0.2, 0) is 0 Å². The van der Waals surface area contributed by atoms with E-state index >= 15 is 0 Å². The van der Waals surface area contributed by atoms with Crippen molar-refractivity contribution in [3.05, 3.63) is 30.1 Å². The maximum Gasteiger partial charge on any atom is 0.0303 e. The number of hydrogen-bond donors (Lipinski definition) is 0. The molecule has 0 bridgehead atoms. The highest BCUT2D eigenvalue weighted by Crippen LogP contribution is 2.27. The average Bonchev–Trinajstić information content (AvgIpc) is 2.02. The zero-order valence-corrected chi connectivity index (χ0v) is 8.27. The molecule has 0 radical (unpaired) electrons. The molecule has 1 aromatic rings. The Morgan fingerprint density at radius 1 is 1.46 bits per heavy atom. The molecule has 2 heterocycles. The van der Waals surface area contributed by atoms with E-state index in [0.717, 1.165) is 5.92 Å². The topological polar surface area (TPSA) is 16.1 Å². The molecule has 0 saturated carbocycles. The fourth-order valence-corrected chi connectivity index (χ4v) is 1.76. The Bertz CT molecular complexity index is 263. The highest BCUT2D eigenvalue weighted by Gasteiger charge is 2.29. The number of rotatable bonds is 2. The fourth-order valence-electron chi connectivity index (χ4n) is 1.76. The Balaban J connectivity index is 1.94. The number of aromatic nitrogens is 1. The van der Waals surface area contributed by atoms with Crippen LogP contribution in [0.5, 0.6) is 0 Å². The molecule has 2 nitrogen and oxygen atoms in total. The smallest absolute Gasteiger partial charge is 0.0303 e. The second-order valence-electron chi connectivity index (χ2n) is 4.03. The van der Waals surface area contributed by atoms with Crippen LogP contribution in [0, 0.1) is 0 Å². The lowest BCUT2D eigenvalue weighted by Gasteiger charge is -2.42. The fraction of sp³-hybridized carbons (Fsp3) is 0.545. The molecule has 1 saturated heterocycles. The third-order valence-corrected chi connectivity index (χ3v) is 2.80. The van der Waals surface area contributed by atoms with Gasteiger partial charge >= 0.3 is 0 Å². The van der Waals surface area contributed by atoms with Gasteiger partial charge in [-0.25, -0.2) is 0 Å². The van der Waals surface area contributed by atoms with Crippen molar-refractivity contribution in [3.63, 3.8) is 0 Å². The molecule has 70 valence electrons. The van der Waals surface area contributed by atoms with E-state index in [1.54, 1.807) is 0 Å². The summed E-state index contributed by atoms with van der Waals surface area (Å²) < 4.78 is 0. The van der Waals surface area contributed by atoms with Crippen LogP contribution in [0.25, 0.3) is 0 Å². The maximum absolute atomic E-state index is 4.14. The molecule has 0 amide bonds. The van der Waals surface area contributed by atoms with E-state index in [1.807, 2.05) is 18.5 Å². The second kappa shape index (κ2) is 3.46. The zero-order valence-electron chi connectivity index (χ0n) is 8.27. The van der Waals surface area contributed by atoms with Crippen LogP contribution in [0.2, 0.25) is 0 Å². The Hall–Kier alpha value is -0.890. The van der Waals surface area contributed by atoms with Crippen molar-refractivity contribution in [3.8, 4) is 0 Å².